The number of halogens is 1. The number of hydrogen-bond acceptors (Lipinski definition) is 2. The van der Waals surface area contributed by atoms with Gasteiger partial charge < -0.3 is 5.32 Å². The molecule has 18 heavy (non-hydrogen) atoms. The number of hydrogen-bond donors (Lipinski definition) is 1. The van der Waals surface area contributed by atoms with Crippen molar-refractivity contribution in [2.75, 3.05) is 6.54 Å². The van der Waals surface area contributed by atoms with Crippen molar-refractivity contribution in [2.45, 2.75) is 52.0 Å². The number of aromatic nitrogens is 1. The second kappa shape index (κ2) is 6.16. The maximum atomic E-state index is 4.26. The molecule has 0 aliphatic heterocycles. The van der Waals surface area contributed by atoms with E-state index < -0.39 is 0 Å². The van der Waals surface area contributed by atoms with Crippen LogP contribution in [-0.2, 0) is 6.42 Å². The highest BCUT2D eigenvalue weighted by Crippen LogP contribution is 2.40. The van der Waals surface area contributed by atoms with E-state index >= 15 is 0 Å². The van der Waals surface area contributed by atoms with Crippen LogP contribution in [0.5, 0.6) is 0 Å². The average Bonchev–Trinajstić information content (AvgIpc) is 2.68. The fourth-order valence-electron chi connectivity index (χ4n) is 3.05. The first kappa shape index (κ1) is 14.0. The number of rotatable bonds is 5. The fraction of sp³-hybridized carbons (Fsp3) is 0.667. The lowest BCUT2D eigenvalue weighted by atomic mass is 9.82. The zero-order valence-corrected chi connectivity index (χ0v) is 13.0. The van der Waals surface area contributed by atoms with E-state index in [1.165, 1.54) is 31.2 Å². The van der Waals surface area contributed by atoms with Crippen LogP contribution in [0.15, 0.2) is 22.9 Å². The second-order valence-corrected chi connectivity index (χ2v) is 6.81. The molecule has 1 N–H and O–H groups in total. The molecule has 1 aromatic heterocycles. The third-order valence-electron chi connectivity index (χ3n) is 3.91. The van der Waals surface area contributed by atoms with Crippen LogP contribution in [0.25, 0.3) is 0 Å². The minimum absolute atomic E-state index is 0.438. The topological polar surface area (TPSA) is 24.9 Å². The smallest absolute Gasteiger partial charge is 0.0410 e. The summed E-state index contributed by atoms with van der Waals surface area (Å²) in [5.41, 5.74) is 1.79. The van der Waals surface area contributed by atoms with Crippen LogP contribution >= 0.6 is 15.9 Å². The molecule has 2 atom stereocenters. The van der Waals surface area contributed by atoms with E-state index in [2.05, 4.69) is 46.1 Å². The largest absolute Gasteiger partial charge is 0.314 e. The average molecular weight is 311 g/mol. The SMILES string of the molecule is CCCNC1CCC(C)(Cc2cncc(Br)c2)C1. The molecule has 100 valence electrons. The van der Waals surface area contributed by atoms with Crippen molar-refractivity contribution in [3.63, 3.8) is 0 Å². The van der Waals surface area contributed by atoms with Gasteiger partial charge in [-0.15, -0.1) is 0 Å². The van der Waals surface area contributed by atoms with Crippen LogP contribution in [-0.4, -0.2) is 17.6 Å². The Kier molecular flexibility index (Phi) is 4.79. The van der Waals surface area contributed by atoms with Gasteiger partial charge in [0, 0.05) is 22.9 Å². The van der Waals surface area contributed by atoms with Gasteiger partial charge in [-0.05, 0) is 71.6 Å². The Bertz CT molecular complexity index is 394. The maximum absolute atomic E-state index is 4.26. The molecule has 1 aliphatic rings. The van der Waals surface area contributed by atoms with Crippen LogP contribution in [0.4, 0.5) is 0 Å². The second-order valence-electron chi connectivity index (χ2n) is 5.89. The monoisotopic (exact) mass is 310 g/mol. The summed E-state index contributed by atoms with van der Waals surface area (Å²) in [5.74, 6) is 0. The molecule has 0 radical (unpaired) electrons. The van der Waals surface area contributed by atoms with E-state index in [0.29, 0.717) is 5.41 Å². The molecule has 3 heteroatoms. The van der Waals surface area contributed by atoms with E-state index in [1.54, 1.807) is 0 Å². The summed E-state index contributed by atoms with van der Waals surface area (Å²) in [6.45, 7) is 5.80. The molecule has 1 saturated carbocycles. The van der Waals surface area contributed by atoms with Crippen molar-refractivity contribution in [3.8, 4) is 0 Å². The van der Waals surface area contributed by atoms with Crippen molar-refractivity contribution >= 4 is 15.9 Å². The van der Waals surface area contributed by atoms with Crippen molar-refractivity contribution in [1.29, 1.82) is 0 Å². The Morgan fingerprint density at radius 3 is 3.06 bits per heavy atom. The van der Waals surface area contributed by atoms with E-state index in [4.69, 9.17) is 0 Å². The standard InChI is InChI=1S/C15H23BrN2/c1-3-6-18-14-4-5-15(2,9-14)8-12-7-13(16)11-17-10-12/h7,10-11,14,18H,3-6,8-9H2,1-2H3. The molecule has 2 unspecified atom stereocenters. The van der Waals surface area contributed by atoms with Gasteiger partial charge in [0.25, 0.3) is 0 Å². The first-order valence-corrected chi connectivity index (χ1v) is 7.73. The van der Waals surface area contributed by atoms with Gasteiger partial charge in [-0.2, -0.15) is 0 Å². The predicted molar refractivity (Wildman–Crippen MR) is 79.7 cm³/mol. The van der Waals surface area contributed by atoms with Gasteiger partial charge in [0.2, 0.25) is 0 Å². The van der Waals surface area contributed by atoms with Crippen LogP contribution in [0.2, 0.25) is 0 Å². The highest BCUT2D eigenvalue weighted by atomic mass is 79.9. The molecule has 2 rings (SSSR count). The van der Waals surface area contributed by atoms with Crippen LogP contribution < -0.4 is 5.32 Å². The molecule has 1 heterocycles. The molecule has 0 aromatic carbocycles. The maximum Gasteiger partial charge on any atom is 0.0410 e. The molecule has 1 aliphatic carbocycles. The van der Waals surface area contributed by atoms with Crippen molar-refractivity contribution in [2.24, 2.45) is 5.41 Å². The lowest BCUT2D eigenvalue weighted by Crippen LogP contribution is -2.28. The molecule has 1 fully saturated rings. The highest BCUT2D eigenvalue weighted by molar-refractivity contribution is 9.10. The van der Waals surface area contributed by atoms with Crippen LogP contribution in [0.1, 0.15) is 45.1 Å². The molecular formula is C15H23BrN2. The molecular weight excluding hydrogens is 288 g/mol. The Hall–Kier alpha value is -0.410. The summed E-state index contributed by atoms with van der Waals surface area (Å²) in [5, 5.41) is 3.66. The summed E-state index contributed by atoms with van der Waals surface area (Å²) in [7, 11) is 0. The zero-order valence-electron chi connectivity index (χ0n) is 11.4. The van der Waals surface area contributed by atoms with E-state index in [9.17, 15) is 0 Å². The number of nitrogens with one attached hydrogen (secondary N) is 1. The van der Waals surface area contributed by atoms with Gasteiger partial charge in [0.1, 0.15) is 0 Å². The minimum atomic E-state index is 0.438. The van der Waals surface area contributed by atoms with Gasteiger partial charge in [-0.25, -0.2) is 0 Å². The first-order valence-electron chi connectivity index (χ1n) is 6.94. The molecule has 0 amide bonds. The Labute approximate surface area is 119 Å². The minimum Gasteiger partial charge on any atom is -0.314 e. The van der Waals surface area contributed by atoms with Gasteiger partial charge >= 0.3 is 0 Å². The summed E-state index contributed by atoms with van der Waals surface area (Å²) >= 11 is 3.50. The number of pyridine rings is 1. The van der Waals surface area contributed by atoms with E-state index in [1.807, 2.05) is 12.4 Å². The van der Waals surface area contributed by atoms with E-state index in [0.717, 1.165) is 23.5 Å². The third kappa shape index (κ3) is 3.79. The van der Waals surface area contributed by atoms with Crippen LogP contribution in [0.3, 0.4) is 0 Å². The molecule has 0 saturated heterocycles. The quantitative estimate of drug-likeness (QED) is 0.891. The molecule has 2 nitrogen and oxygen atoms in total. The molecule has 1 aromatic rings. The molecule has 0 bridgehead atoms. The lowest BCUT2D eigenvalue weighted by molar-refractivity contribution is 0.321. The molecule has 0 spiro atoms. The highest BCUT2D eigenvalue weighted by Gasteiger charge is 2.34. The summed E-state index contributed by atoms with van der Waals surface area (Å²) in [6.07, 6.45) is 10.2. The lowest BCUT2D eigenvalue weighted by Gasteiger charge is -2.24. The van der Waals surface area contributed by atoms with Gasteiger partial charge in [-0.1, -0.05) is 13.8 Å². The van der Waals surface area contributed by atoms with Crippen molar-refractivity contribution in [3.05, 3.63) is 28.5 Å². The normalized spacial score (nSPS) is 27.6. The van der Waals surface area contributed by atoms with Gasteiger partial charge in [0.15, 0.2) is 0 Å². The summed E-state index contributed by atoms with van der Waals surface area (Å²) < 4.78 is 1.09. The van der Waals surface area contributed by atoms with Gasteiger partial charge in [-0.3, -0.25) is 4.98 Å². The van der Waals surface area contributed by atoms with E-state index in [-0.39, 0.29) is 0 Å². The fourth-order valence-corrected chi connectivity index (χ4v) is 3.46. The first-order chi connectivity index (χ1) is 8.61. The Morgan fingerprint density at radius 1 is 1.50 bits per heavy atom. The Balaban J connectivity index is 1.93. The zero-order chi connectivity index (χ0) is 13.0. The number of nitrogens with zero attached hydrogens (tertiary/aromatic N) is 1. The predicted octanol–water partition coefficient (Wildman–Crippen LogP) is 3.95. The van der Waals surface area contributed by atoms with Crippen LogP contribution in [0, 0.1) is 5.41 Å². The van der Waals surface area contributed by atoms with Crippen molar-refractivity contribution < 1.29 is 0 Å². The third-order valence-corrected chi connectivity index (χ3v) is 4.34. The summed E-state index contributed by atoms with van der Waals surface area (Å²) in [6, 6.07) is 2.92. The van der Waals surface area contributed by atoms with Crippen molar-refractivity contribution in [1.82, 2.24) is 10.3 Å². The van der Waals surface area contributed by atoms with Gasteiger partial charge in [0.05, 0.1) is 0 Å². The summed E-state index contributed by atoms with van der Waals surface area (Å²) in [4.78, 5) is 4.26. The Morgan fingerprint density at radius 2 is 2.33 bits per heavy atom.